The summed E-state index contributed by atoms with van der Waals surface area (Å²) in [4.78, 5) is 35.6. The van der Waals surface area contributed by atoms with Crippen LogP contribution >= 0.6 is 11.3 Å². The Morgan fingerprint density at radius 3 is 2.41 bits per heavy atom. The van der Waals surface area contributed by atoms with Gasteiger partial charge in [0.05, 0.1) is 55.9 Å². The summed E-state index contributed by atoms with van der Waals surface area (Å²) in [6.45, 7) is 5.05. The van der Waals surface area contributed by atoms with Crippen molar-refractivity contribution in [1.29, 1.82) is 0 Å². The van der Waals surface area contributed by atoms with Crippen LogP contribution in [0.2, 0.25) is 0 Å². The minimum absolute atomic E-state index is 0.175. The van der Waals surface area contributed by atoms with Gasteiger partial charge in [0.1, 0.15) is 0 Å². The zero-order valence-corrected chi connectivity index (χ0v) is 25.6. The summed E-state index contributed by atoms with van der Waals surface area (Å²) in [7, 11) is 3.11. The predicted molar refractivity (Wildman–Crippen MR) is 170 cm³/mol. The number of thiazole rings is 1. The Balaban J connectivity index is 1.54. The van der Waals surface area contributed by atoms with Gasteiger partial charge in [0.25, 0.3) is 5.56 Å². The fourth-order valence-electron chi connectivity index (χ4n) is 5.53. The number of methoxy groups -OCH3 is 2. The van der Waals surface area contributed by atoms with Crippen LogP contribution in [0.4, 0.5) is 5.69 Å². The third-order valence-corrected chi connectivity index (χ3v) is 8.65. The van der Waals surface area contributed by atoms with Crippen molar-refractivity contribution >= 4 is 34.8 Å². The Bertz CT molecular complexity index is 1870. The van der Waals surface area contributed by atoms with Crippen molar-refractivity contribution in [3.63, 3.8) is 0 Å². The molecular weight excluding hydrogens is 578 g/mol. The fraction of sp³-hybridized carbons (Fsp3) is 0.265. The van der Waals surface area contributed by atoms with Crippen molar-refractivity contribution in [3.05, 3.63) is 115 Å². The maximum atomic E-state index is 14.2. The van der Waals surface area contributed by atoms with Gasteiger partial charge < -0.3 is 23.8 Å². The summed E-state index contributed by atoms with van der Waals surface area (Å²) in [5.74, 6) is 0.478. The van der Waals surface area contributed by atoms with E-state index in [1.165, 1.54) is 11.3 Å². The average molecular weight is 612 g/mol. The summed E-state index contributed by atoms with van der Waals surface area (Å²) in [6.07, 6.45) is 1.87. The predicted octanol–water partition coefficient (Wildman–Crippen LogP) is 3.79. The number of hydrogen-bond donors (Lipinski definition) is 0. The number of esters is 1. The average Bonchev–Trinajstić information content (AvgIpc) is 3.38. The lowest BCUT2D eigenvalue weighted by Gasteiger charge is -2.28. The molecule has 0 radical (unpaired) electrons. The van der Waals surface area contributed by atoms with Gasteiger partial charge in [0.15, 0.2) is 16.3 Å². The number of fused-ring (bicyclic) bond motifs is 1. The molecule has 0 unspecified atom stereocenters. The first-order valence-electron chi connectivity index (χ1n) is 14.5. The lowest BCUT2D eigenvalue weighted by Crippen LogP contribution is -2.40. The zero-order valence-electron chi connectivity index (χ0n) is 24.8. The normalized spacial score (nSPS) is 16.8. The molecule has 0 spiro atoms. The molecule has 1 fully saturated rings. The van der Waals surface area contributed by atoms with Gasteiger partial charge in [-0.15, -0.1) is 0 Å². The number of carbonyl (C=O) groups excluding carboxylic acids is 1. The monoisotopic (exact) mass is 611 g/mol. The summed E-state index contributed by atoms with van der Waals surface area (Å²) < 4.78 is 24.2. The van der Waals surface area contributed by atoms with Crippen molar-refractivity contribution in [2.75, 3.05) is 52.0 Å². The molecule has 0 aliphatic carbocycles. The number of benzene rings is 3. The van der Waals surface area contributed by atoms with Gasteiger partial charge in [-0.2, -0.15) is 0 Å². The highest BCUT2D eigenvalue weighted by Gasteiger charge is 2.35. The lowest BCUT2D eigenvalue weighted by atomic mass is 9.93. The number of aromatic nitrogens is 1. The van der Waals surface area contributed by atoms with Crippen LogP contribution in [0.25, 0.3) is 11.8 Å². The number of morpholine rings is 1. The van der Waals surface area contributed by atoms with E-state index in [1.54, 1.807) is 37.8 Å². The highest BCUT2D eigenvalue weighted by Crippen LogP contribution is 2.38. The molecule has 6 rings (SSSR count). The molecule has 1 aromatic heterocycles. The molecule has 226 valence electrons. The fourth-order valence-corrected chi connectivity index (χ4v) is 6.53. The number of hydrogen-bond acceptors (Lipinski definition) is 9. The molecule has 3 heterocycles. The van der Waals surface area contributed by atoms with E-state index in [0.717, 1.165) is 29.9 Å². The largest absolute Gasteiger partial charge is 0.493 e. The molecule has 10 heteroatoms. The first-order chi connectivity index (χ1) is 21.5. The Morgan fingerprint density at radius 1 is 1.00 bits per heavy atom. The summed E-state index contributed by atoms with van der Waals surface area (Å²) in [5, 5.41) is 0. The molecule has 0 N–H and O–H groups in total. The Labute approximate surface area is 258 Å². The van der Waals surface area contributed by atoms with Crippen LogP contribution in [0.5, 0.6) is 11.5 Å². The molecule has 4 aromatic rings. The molecule has 2 aliphatic rings. The Morgan fingerprint density at radius 2 is 1.73 bits per heavy atom. The second-order valence-electron chi connectivity index (χ2n) is 10.2. The van der Waals surface area contributed by atoms with E-state index < -0.39 is 12.0 Å². The second kappa shape index (κ2) is 12.9. The van der Waals surface area contributed by atoms with Crippen LogP contribution in [0.1, 0.15) is 29.7 Å². The van der Waals surface area contributed by atoms with Crippen LogP contribution in [-0.4, -0.2) is 57.7 Å². The highest BCUT2D eigenvalue weighted by atomic mass is 32.1. The molecule has 2 aliphatic heterocycles. The van der Waals surface area contributed by atoms with E-state index in [4.69, 9.17) is 23.9 Å². The Hall–Kier alpha value is -4.67. The van der Waals surface area contributed by atoms with E-state index in [2.05, 4.69) is 17.0 Å². The van der Waals surface area contributed by atoms with Crippen LogP contribution in [0, 0.1) is 0 Å². The molecular formula is C34H33N3O6S. The number of nitrogens with zero attached hydrogens (tertiary/aromatic N) is 3. The zero-order chi connectivity index (χ0) is 30.6. The van der Waals surface area contributed by atoms with Gasteiger partial charge in [0.2, 0.25) is 0 Å². The van der Waals surface area contributed by atoms with Crippen LogP contribution in [0.15, 0.2) is 88.2 Å². The van der Waals surface area contributed by atoms with Crippen LogP contribution in [0.3, 0.4) is 0 Å². The summed E-state index contributed by atoms with van der Waals surface area (Å²) in [6, 6.07) is 22.2. The molecule has 0 bridgehead atoms. The third-order valence-electron chi connectivity index (χ3n) is 7.66. The van der Waals surface area contributed by atoms with Crippen LogP contribution < -0.4 is 29.3 Å². The van der Waals surface area contributed by atoms with E-state index in [-0.39, 0.29) is 17.7 Å². The van der Waals surface area contributed by atoms with Crippen LogP contribution in [-0.2, 0) is 14.3 Å². The molecule has 3 aromatic carbocycles. The smallest absolute Gasteiger partial charge is 0.338 e. The maximum absolute atomic E-state index is 14.2. The minimum atomic E-state index is -0.814. The van der Waals surface area contributed by atoms with Gasteiger partial charge in [0, 0.05) is 24.3 Å². The van der Waals surface area contributed by atoms with Crippen molar-refractivity contribution in [2.24, 2.45) is 4.99 Å². The number of carbonyl (C=O) groups is 1. The Kier molecular flexibility index (Phi) is 8.63. The van der Waals surface area contributed by atoms with Crippen molar-refractivity contribution < 1.29 is 23.7 Å². The van der Waals surface area contributed by atoms with E-state index in [1.807, 2.05) is 54.6 Å². The lowest BCUT2D eigenvalue weighted by molar-refractivity contribution is -0.138. The number of ether oxygens (including phenoxy) is 4. The van der Waals surface area contributed by atoms with E-state index in [9.17, 15) is 9.59 Å². The second-order valence-corrected chi connectivity index (χ2v) is 11.2. The standard InChI is InChI=1S/C34H33N3O6S/c1-4-43-33(39)29-30(23-8-6-5-7-9-23)35-34-37(31(29)24-12-15-26(40-2)27(21-24)41-3)32(38)28(44-34)20-22-10-13-25(14-11-22)36-16-18-42-19-17-36/h5-15,20-21,31H,4,16-19H2,1-3H3/b28-20+/t31-/m0/s1. The summed E-state index contributed by atoms with van der Waals surface area (Å²) >= 11 is 1.29. The quantitative estimate of drug-likeness (QED) is 0.280. The maximum Gasteiger partial charge on any atom is 0.338 e. The molecule has 1 atom stereocenters. The first kappa shape index (κ1) is 29.4. The van der Waals surface area contributed by atoms with Crippen molar-refractivity contribution in [3.8, 4) is 11.5 Å². The van der Waals surface area contributed by atoms with Gasteiger partial charge >= 0.3 is 5.97 Å². The molecule has 1 saturated heterocycles. The minimum Gasteiger partial charge on any atom is -0.493 e. The van der Waals surface area contributed by atoms with Gasteiger partial charge in [-0.25, -0.2) is 9.79 Å². The topological polar surface area (TPSA) is 91.6 Å². The van der Waals surface area contributed by atoms with Gasteiger partial charge in [-0.3, -0.25) is 9.36 Å². The number of anilines is 1. The molecule has 0 saturated carbocycles. The third kappa shape index (κ3) is 5.66. The van der Waals surface area contributed by atoms with E-state index >= 15 is 0 Å². The molecule has 9 nitrogen and oxygen atoms in total. The highest BCUT2D eigenvalue weighted by molar-refractivity contribution is 7.07. The van der Waals surface area contributed by atoms with E-state index in [0.29, 0.717) is 45.3 Å². The SMILES string of the molecule is CCOC(=O)C1=C(c2ccccc2)N=c2s/c(=C/c3ccc(N4CCOCC4)cc3)c(=O)n2[C@H]1c1ccc(OC)c(OC)c1. The summed E-state index contributed by atoms with van der Waals surface area (Å²) in [5.41, 5.74) is 3.91. The molecule has 0 amide bonds. The van der Waals surface area contributed by atoms with Gasteiger partial charge in [-0.1, -0.05) is 59.9 Å². The number of rotatable bonds is 8. The molecule has 44 heavy (non-hydrogen) atoms. The van der Waals surface area contributed by atoms with Crippen molar-refractivity contribution in [2.45, 2.75) is 13.0 Å². The van der Waals surface area contributed by atoms with Crippen molar-refractivity contribution in [1.82, 2.24) is 4.57 Å². The van der Waals surface area contributed by atoms with Gasteiger partial charge in [-0.05, 0) is 48.4 Å². The first-order valence-corrected chi connectivity index (χ1v) is 15.3.